The summed E-state index contributed by atoms with van der Waals surface area (Å²) < 4.78 is 6.71. The Labute approximate surface area is 309 Å². The molecule has 1 aliphatic carbocycles. The van der Waals surface area contributed by atoms with Crippen molar-refractivity contribution < 1.29 is 4.74 Å². The summed E-state index contributed by atoms with van der Waals surface area (Å²) in [5.74, 6) is 1.06. The molecule has 0 bridgehead atoms. The predicted molar refractivity (Wildman–Crippen MR) is 225 cm³/mol. The van der Waals surface area contributed by atoms with Crippen LogP contribution in [0.2, 0.25) is 13.1 Å². The van der Waals surface area contributed by atoms with E-state index in [0.717, 1.165) is 5.75 Å². The summed E-state index contributed by atoms with van der Waals surface area (Å²) in [7, 11) is -2.37. The van der Waals surface area contributed by atoms with E-state index >= 15 is 0 Å². The lowest BCUT2D eigenvalue weighted by molar-refractivity contribution is 0.353. The van der Waals surface area contributed by atoms with Gasteiger partial charge in [0.2, 0.25) is 0 Å². The fourth-order valence-corrected chi connectivity index (χ4v) is 11.7. The Bertz CT molecular complexity index is 2000. The van der Waals surface area contributed by atoms with Crippen molar-refractivity contribution in [1.82, 2.24) is 0 Å². The maximum atomic E-state index is 6.71. The molecule has 0 spiro atoms. The fourth-order valence-electron chi connectivity index (χ4n) is 7.99. The first-order chi connectivity index (χ1) is 23.8. The molecular weight excluding hydrogens is 633 g/mol. The molecule has 0 saturated carbocycles. The van der Waals surface area contributed by atoms with Gasteiger partial charge in [0.15, 0.2) is 0 Å². The molecule has 0 unspecified atom stereocenters. The van der Waals surface area contributed by atoms with E-state index in [-0.39, 0.29) is 21.8 Å². The Morgan fingerprint density at radius 3 is 1.51 bits per heavy atom. The number of aryl methyl sites for hydroxylation is 1. The third-order valence-electron chi connectivity index (χ3n) is 10.9. The van der Waals surface area contributed by atoms with Crippen LogP contribution in [0.15, 0.2) is 110 Å². The molecule has 0 aliphatic heterocycles. The maximum Gasteiger partial charge on any atom is 0.122 e. The molecule has 0 saturated heterocycles. The molecule has 2 heteroatoms. The molecule has 5 aromatic rings. The number of rotatable bonds is 7. The van der Waals surface area contributed by atoms with Crippen molar-refractivity contribution in [2.24, 2.45) is 0 Å². The molecule has 0 atom stereocenters. The second kappa shape index (κ2) is 13.1. The fraction of sp³-hybridized carbons (Fsp3) is 0.347. The highest BCUT2D eigenvalue weighted by Gasteiger charge is 2.45. The van der Waals surface area contributed by atoms with Gasteiger partial charge in [0.25, 0.3) is 0 Å². The SMILES string of the molecule is C=CCOc1c(C(C)(C)C)cc(C)cc1[Si](C)(C)C1c2cc(-c3cccc(C(C)(C)C)c3)ccc2-c2ccc(-c3cccc(C(C)(C)C)c3)cc21. The Morgan fingerprint density at radius 2 is 1.08 bits per heavy atom. The van der Waals surface area contributed by atoms with E-state index in [4.69, 9.17) is 4.74 Å². The highest BCUT2D eigenvalue weighted by Crippen LogP contribution is 2.52. The average molecular weight is 691 g/mol. The zero-order chi connectivity index (χ0) is 37.1. The molecule has 5 aromatic carbocycles. The van der Waals surface area contributed by atoms with Crippen LogP contribution in [0.3, 0.4) is 0 Å². The van der Waals surface area contributed by atoms with Crippen LogP contribution in [0.5, 0.6) is 5.75 Å². The summed E-state index contributed by atoms with van der Waals surface area (Å²) in [6, 6.07) is 37.5. The first-order valence-corrected chi connectivity index (χ1v) is 21.8. The molecule has 0 radical (unpaired) electrons. The van der Waals surface area contributed by atoms with Crippen LogP contribution in [0.4, 0.5) is 0 Å². The minimum Gasteiger partial charge on any atom is -0.489 e. The summed E-state index contributed by atoms with van der Waals surface area (Å²) in [6.07, 6.45) is 1.88. The number of ether oxygens (including phenoxy) is 1. The van der Waals surface area contributed by atoms with Gasteiger partial charge >= 0.3 is 0 Å². The minimum atomic E-state index is -2.37. The summed E-state index contributed by atoms with van der Waals surface area (Å²) in [6.45, 7) is 32.6. The summed E-state index contributed by atoms with van der Waals surface area (Å²) in [4.78, 5) is 0. The van der Waals surface area contributed by atoms with Crippen molar-refractivity contribution in [1.29, 1.82) is 0 Å². The first-order valence-electron chi connectivity index (χ1n) is 18.7. The van der Waals surface area contributed by atoms with Crippen LogP contribution in [0.25, 0.3) is 33.4 Å². The van der Waals surface area contributed by atoms with Gasteiger partial charge < -0.3 is 4.74 Å². The van der Waals surface area contributed by atoms with E-state index in [0.29, 0.717) is 6.61 Å². The zero-order valence-corrected chi connectivity index (χ0v) is 34.2. The van der Waals surface area contributed by atoms with Crippen LogP contribution in [0, 0.1) is 6.92 Å². The second-order valence-corrected chi connectivity index (χ2v) is 23.0. The van der Waals surface area contributed by atoms with Crippen molar-refractivity contribution >= 4 is 13.3 Å². The standard InChI is InChI=1S/C49H58OSi/c1-14-25-50-45-43(49(9,10)11)26-32(2)27-44(45)51(12,13)46-41-30-35(33-17-15-19-37(28-33)47(3,4)5)21-23-39(41)40-24-22-36(31-42(40)46)34-18-16-20-38(29-34)48(6,7)8/h14-24,26-31,46H,1,25H2,2-13H3. The monoisotopic (exact) mass is 690 g/mol. The third-order valence-corrected chi connectivity index (χ3v) is 14.8. The van der Waals surface area contributed by atoms with Gasteiger partial charge in [-0.05, 0) is 89.6 Å². The molecular formula is C49H58OSi. The van der Waals surface area contributed by atoms with Gasteiger partial charge in [0, 0.05) is 5.54 Å². The molecule has 6 rings (SSSR count). The lowest BCUT2D eigenvalue weighted by Crippen LogP contribution is -2.49. The number of hydrogen-bond acceptors (Lipinski definition) is 1. The lowest BCUT2D eigenvalue weighted by Gasteiger charge is -2.36. The molecule has 0 fully saturated rings. The van der Waals surface area contributed by atoms with Crippen LogP contribution in [-0.4, -0.2) is 14.7 Å². The van der Waals surface area contributed by atoms with Crippen molar-refractivity contribution in [3.8, 4) is 39.1 Å². The number of fused-ring (bicyclic) bond motifs is 3. The first kappa shape index (κ1) is 36.6. The topological polar surface area (TPSA) is 9.23 Å². The van der Waals surface area contributed by atoms with Gasteiger partial charge in [0.05, 0.1) is 8.07 Å². The predicted octanol–water partition coefficient (Wildman–Crippen LogP) is 13.1. The van der Waals surface area contributed by atoms with Gasteiger partial charge in [-0.3, -0.25) is 0 Å². The quantitative estimate of drug-likeness (QED) is 0.122. The third kappa shape index (κ3) is 7.05. The van der Waals surface area contributed by atoms with Crippen molar-refractivity contribution in [2.45, 2.75) is 104 Å². The molecule has 0 N–H and O–H groups in total. The van der Waals surface area contributed by atoms with Crippen LogP contribution in [-0.2, 0) is 16.2 Å². The summed E-state index contributed by atoms with van der Waals surface area (Å²) in [5, 5.41) is 1.39. The highest BCUT2D eigenvalue weighted by atomic mass is 28.3. The normalized spacial score (nSPS) is 13.6. The van der Waals surface area contributed by atoms with Crippen LogP contribution < -0.4 is 9.92 Å². The van der Waals surface area contributed by atoms with Crippen LogP contribution >= 0.6 is 0 Å². The Balaban J connectivity index is 1.61. The van der Waals surface area contributed by atoms with Gasteiger partial charge in [-0.15, -0.1) is 0 Å². The molecule has 1 aliphatic rings. The summed E-state index contributed by atoms with van der Waals surface area (Å²) >= 11 is 0. The highest BCUT2D eigenvalue weighted by molar-refractivity contribution is 6.92. The molecule has 0 heterocycles. The molecule has 0 amide bonds. The minimum absolute atomic E-state index is 0.0657. The lowest BCUT2D eigenvalue weighted by atomic mass is 9.85. The average Bonchev–Trinajstić information content (AvgIpc) is 3.40. The zero-order valence-electron chi connectivity index (χ0n) is 33.2. The largest absolute Gasteiger partial charge is 0.489 e. The van der Waals surface area contributed by atoms with Gasteiger partial charge in [-0.2, -0.15) is 0 Å². The van der Waals surface area contributed by atoms with Crippen molar-refractivity contribution in [3.63, 3.8) is 0 Å². The molecule has 0 aromatic heterocycles. The van der Waals surface area contributed by atoms with Gasteiger partial charge in [-0.25, -0.2) is 0 Å². The van der Waals surface area contributed by atoms with E-state index in [2.05, 4.69) is 186 Å². The second-order valence-electron chi connectivity index (χ2n) is 18.5. The Hall–Kier alpha value is -4.14. The Kier molecular flexibility index (Phi) is 9.43. The van der Waals surface area contributed by atoms with Gasteiger partial charge in [-0.1, -0.05) is 191 Å². The van der Waals surface area contributed by atoms with Crippen molar-refractivity contribution in [2.75, 3.05) is 6.61 Å². The van der Waals surface area contributed by atoms with E-state index in [9.17, 15) is 0 Å². The Morgan fingerprint density at radius 1 is 0.608 bits per heavy atom. The van der Waals surface area contributed by atoms with Crippen molar-refractivity contribution in [3.05, 3.63) is 143 Å². The number of benzene rings is 5. The maximum absolute atomic E-state index is 6.71. The van der Waals surface area contributed by atoms with E-state index in [1.54, 1.807) is 0 Å². The molecule has 51 heavy (non-hydrogen) atoms. The smallest absolute Gasteiger partial charge is 0.122 e. The molecule has 1 nitrogen and oxygen atoms in total. The van der Waals surface area contributed by atoms with Gasteiger partial charge in [0.1, 0.15) is 12.4 Å². The number of hydrogen-bond donors (Lipinski definition) is 0. The van der Waals surface area contributed by atoms with Crippen LogP contribution in [0.1, 0.15) is 101 Å². The van der Waals surface area contributed by atoms with E-state index in [1.165, 1.54) is 71.9 Å². The van der Waals surface area contributed by atoms with E-state index in [1.807, 2.05) is 6.08 Å². The molecule has 264 valence electrons. The van der Waals surface area contributed by atoms with E-state index < -0.39 is 8.07 Å². The summed E-state index contributed by atoms with van der Waals surface area (Å²) in [5.41, 5.74) is 16.3.